The summed E-state index contributed by atoms with van der Waals surface area (Å²) < 4.78 is 12.6. The Hall–Kier alpha value is -2.43. The number of benzene rings is 1. The molecule has 5 heteroatoms. The highest BCUT2D eigenvalue weighted by Crippen LogP contribution is 2.40. The molecule has 3 rings (SSSR count). The van der Waals surface area contributed by atoms with Crippen LogP contribution in [0.15, 0.2) is 23.0 Å². The van der Waals surface area contributed by atoms with Crippen LogP contribution in [-0.2, 0) is 7.05 Å². The van der Waals surface area contributed by atoms with Crippen molar-refractivity contribution in [3.8, 4) is 17.2 Å². The number of aryl methyl sites for hydroxylation is 1. The van der Waals surface area contributed by atoms with Gasteiger partial charge in [-0.1, -0.05) is 11.8 Å². The maximum absolute atomic E-state index is 12.5. The van der Waals surface area contributed by atoms with Crippen molar-refractivity contribution in [2.24, 2.45) is 7.05 Å². The zero-order chi connectivity index (χ0) is 15.4. The van der Waals surface area contributed by atoms with Crippen molar-refractivity contribution in [3.63, 3.8) is 0 Å². The molecule has 1 aromatic carbocycles. The largest absolute Gasteiger partial charge is 0.870 e. The average Bonchev–Trinajstić information content (AvgIpc) is 2.43. The van der Waals surface area contributed by atoms with Crippen LogP contribution < -0.4 is 20.1 Å². The van der Waals surface area contributed by atoms with E-state index in [0.717, 1.165) is 0 Å². The molecule has 2 heterocycles. The molecule has 2 aromatic rings. The van der Waals surface area contributed by atoms with Gasteiger partial charge in [-0.3, -0.25) is 4.79 Å². The first-order chi connectivity index (χ1) is 9.85. The number of aromatic nitrogens is 1. The van der Waals surface area contributed by atoms with Gasteiger partial charge in [0.05, 0.1) is 18.2 Å². The second-order valence-electron chi connectivity index (χ2n) is 5.64. The van der Waals surface area contributed by atoms with Gasteiger partial charge in [0.2, 0.25) is 0 Å². The number of rotatable bonds is 1. The fourth-order valence-electron chi connectivity index (χ4n) is 2.63. The van der Waals surface area contributed by atoms with Crippen molar-refractivity contribution < 1.29 is 14.6 Å². The van der Waals surface area contributed by atoms with Gasteiger partial charge in [0, 0.05) is 12.4 Å². The van der Waals surface area contributed by atoms with Gasteiger partial charge in [-0.25, -0.2) is 0 Å². The molecular formula is C16H16NO4-. The summed E-state index contributed by atoms with van der Waals surface area (Å²) in [6.45, 7) is 3.82. The lowest BCUT2D eigenvalue weighted by Gasteiger charge is -2.29. The van der Waals surface area contributed by atoms with E-state index < -0.39 is 5.60 Å². The van der Waals surface area contributed by atoms with Crippen LogP contribution >= 0.6 is 0 Å². The van der Waals surface area contributed by atoms with Crippen LogP contribution in [0.3, 0.4) is 0 Å². The number of hydrogen-bond acceptors (Lipinski definition) is 4. The highest BCUT2D eigenvalue weighted by molar-refractivity contribution is 5.95. The third kappa shape index (κ3) is 1.88. The molecule has 0 radical (unpaired) electrons. The van der Waals surface area contributed by atoms with E-state index in [2.05, 4.69) is 0 Å². The van der Waals surface area contributed by atoms with Gasteiger partial charge in [-0.2, -0.15) is 0 Å². The molecule has 1 aliphatic heterocycles. The molecule has 110 valence electrons. The van der Waals surface area contributed by atoms with Gasteiger partial charge in [0.25, 0.3) is 5.56 Å². The number of ether oxygens (including phenoxy) is 2. The van der Waals surface area contributed by atoms with Gasteiger partial charge in [-0.15, -0.1) is 0 Å². The van der Waals surface area contributed by atoms with E-state index in [-0.39, 0.29) is 17.1 Å². The number of hydrogen-bond donors (Lipinski definition) is 0. The lowest BCUT2D eigenvalue weighted by atomic mass is 10.0. The summed E-state index contributed by atoms with van der Waals surface area (Å²) in [5, 5.41) is 12.6. The normalized spacial score (nSPS) is 15.6. The van der Waals surface area contributed by atoms with Crippen molar-refractivity contribution in [2.75, 3.05) is 7.11 Å². The first-order valence-electron chi connectivity index (χ1n) is 6.64. The Balaban J connectivity index is 2.51. The van der Waals surface area contributed by atoms with E-state index in [1.807, 2.05) is 19.9 Å². The Morgan fingerprint density at radius 1 is 1.33 bits per heavy atom. The number of pyridine rings is 1. The molecule has 0 unspecified atom stereocenters. The predicted octanol–water partition coefficient (Wildman–Crippen LogP) is 1.80. The van der Waals surface area contributed by atoms with Gasteiger partial charge < -0.3 is 19.1 Å². The van der Waals surface area contributed by atoms with Crippen molar-refractivity contribution in [2.45, 2.75) is 19.4 Å². The summed E-state index contributed by atoms with van der Waals surface area (Å²) in [5.41, 5.74) is 0.230. The van der Waals surface area contributed by atoms with Crippen molar-refractivity contribution >= 4 is 17.0 Å². The molecule has 0 saturated heterocycles. The zero-order valence-electron chi connectivity index (χ0n) is 12.4. The molecule has 0 saturated carbocycles. The standard InChI is InChI=1S/C16H17NO4/c1-16(2)8-7-10-13(21-16)9-5-6-11(18)14(20-4)12(9)17(3)15(10)19/h5-8,18H,1-4H3/p-1. The highest BCUT2D eigenvalue weighted by atomic mass is 16.5. The summed E-state index contributed by atoms with van der Waals surface area (Å²) in [5.74, 6) is 0.398. The van der Waals surface area contributed by atoms with E-state index in [1.54, 1.807) is 19.2 Å². The molecule has 0 N–H and O–H groups in total. The van der Waals surface area contributed by atoms with Crippen molar-refractivity contribution in [3.05, 3.63) is 34.1 Å². The molecule has 1 aromatic heterocycles. The third-order valence-corrected chi connectivity index (χ3v) is 3.68. The van der Waals surface area contributed by atoms with Crippen LogP contribution in [0.2, 0.25) is 0 Å². The lowest BCUT2D eigenvalue weighted by molar-refractivity contribution is -0.269. The van der Waals surface area contributed by atoms with Gasteiger partial charge in [0.1, 0.15) is 17.1 Å². The Bertz CT molecular complexity index is 831. The molecule has 0 spiro atoms. The van der Waals surface area contributed by atoms with Gasteiger partial charge in [0.15, 0.2) is 0 Å². The number of fused-ring (bicyclic) bond motifs is 3. The average molecular weight is 286 g/mol. The van der Waals surface area contributed by atoms with Crippen LogP contribution in [0.5, 0.6) is 17.2 Å². The SMILES string of the molecule is COc1c([O-])ccc2c3c(c(=O)n(C)c12)C=CC(C)(C)O3. The zero-order valence-corrected chi connectivity index (χ0v) is 12.4. The molecule has 0 atom stereocenters. The van der Waals surface area contributed by atoms with E-state index >= 15 is 0 Å². The van der Waals surface area contributed by atoms with Crippen LogP contribution in [0.25, 0.3) is 17.0 Å². The van der Waals surface area contributed by atoms with E-state index in [0.29, 0.717) is 22.2 Å². The molecule has 0 fully saturated rings. The monoisotopic (exact) mass is 286 g/mol. The summed E-state index contributed by atoms with van der Waals surface area (Å²) >= 11 is 0. The molecule has 1 aliphatic rings. The van der Waals surface area contributed by atoms with E-state index in [9.17, 15) is 9.90 Å². The summed E-state index contributed by atoms with van der Waals surface area (Å²) in [4.78, 5) is 12.5. The van der Waals surface area contributed by atoms with Crippen LogP contribution in [-0.4, -0.2) is 17.3 Å². The molecule has 0 aliphatic carbocycles. The molecule has 0 amide bonds. The Labute approximate surface area is 122 Å². The Kier molecular flexibility index (Phi) is 2.76. The van der Waals surface area contributed by atoms with Crippen molar-refractivity contribution in [1.29, 1.82) is 0 Å². The van der Waals surface area contributed by atoms with Gasteiger partial charge in [-0.05, 0) is 32.1 Å². The van der Waals surface area contributed by atoms with Gasteiger partial charge >= 0.3 is 0 Å². The summed E-state index contributed by atoms with van der Waals surface area (Å²) in [7, 11) is 3.05. The lowest BCUT2D eigenvalue weighted by Crippen LogP contribution is -2.31. The second-order valence-corrected chi connectivity index (χ2v) is 5.64. The molecule has 21 heavy (non-hydrogen) atoms. The fourth-order valence-corrected chi connectivity index (χ4v) is 2.63. The molecule has 0 bridgehead atoms. The smallest absolute Gasteiger partial charge is 0.261 e. The first-order valence-corrected chi connectivity index (χ1v) is 6.64. The van der Waals surface area contributed by atoms with Crippen LogP contribution in [0.4, 0.5) is 0 Å². The van der Waals surface area contributed by atoms with E-state index in [1.165, 1.54) is 17.7 Å². The first kappa shape index (κ1) is 13.5. The predicted molar refractivity (Wildman–Crippen MR) is 78.9 cm³/mol. The summed E-state index contributed by atoms with van der Waals surface area (Å²) in [6, 6.07) is 3.11. The maximum Gasteiger partial charge on any atom is 0.261 e. The number of nitrogens with zero attached hydrogens (tertiary/aromatic N) is 1. The molecule has 5 nitrogen and oxygen atoms in total. The Morgan fingerprint density at radius 3 is 2.71 bits per heavy atom. The summed E-state index contributed by atoms with van der Waals surface area (Å²) in [6.07, 6.45) is 3.62. The van der Waals surface area contributed by atoms with Crippen LogP contribution in [0, 0.1) is 0 Å². The third-order valence-electron chi connectivity index (χ3n) is 3.68. The van der Waals surface area contributed by atoms with E-state index in [4.69, 9.17) is 9.47 Å². The van der Waals surface area contributed by atoms with Crippen LogP contribution in [0.1, 0.15) is 19.4 Å². The topological polar surface area (TPSA) is 63.5 Å². The highest BCUT2D eigenvalue weighted by Gasteiger charge is 2.27. The minimum Gasteiger partial charge on any atom is -0.870 e. The maximum atomic E-state index is 12.5. The van der Waals surface area contributed by atoms with Crippen molar-refractivity contribution in [1.82, 2.24) is 4.57 Å². The quantitative estimate of drug-likeness (QED) is 0.802. The fraction of sp³-hybridized carbons (Fsp3) is 0.312. The minimum atomic E-state index is -0.504. The molecular weight excluding hydrogens is 270 g/mol. The second kappa shape index (κ2) is 4.28. The Morgan fingerprint density at radius 2 is 2.05 bits per heavy atom. The number of methoxy groups -OCH3 is 1. The minimum absolute atomic E-state index is 0.158.